The highest BCUT2D eigenvalue weighted by molar-refractivity contribution is 4.84. The van der Waals surface area contributed by atoms with Crippen molar-refractivity contribution in [2.45, 2.75) is 72.6 Å². The molecule has 0 atom stereocenters. The second-order valence-corrected chi connectivity index (χ2v) is 6.26. The minimum Gasteiger partial charge on any atom is -0.0628 e. The van der Waals surface area contributed by atoms with Gasteiger partial charge < -0.3 is 0 Å². The van der Waals surface area contributed by atoms with E-state index in [1.165, 1.54) is 44.9 Å². The minimum absolute atomic E-state index is 0.723. The summed E-state index contributed by atoms with van der Waals surface area (Å²) in [5, 5.41) is 0. The van der Waals surface area contributed by atoms with Crippen molar-refractivity contribution in [3.63, 3.8) is 0 Å². The first-order valence-corrected chi connectivity index (χ1v) is 6.54. The van der Waals surface area contributed by atoms with E-state index in [0.717, 1.165) is 17.3 Å². The van der Waals surface area contributed by atoms with Gasteiger partial charge in [0, 0.05) is 0 Å². The van der Waals surface area contributed by atoms with Crippen LogP contribution in [0, 0.1) is 17.3 Å². The van der Waals surface area contributed by atoms with E-state index in [2.05, 4.69) is 27.7 Å². The molecule has 1 aliphatic rings. The smallest absolute Gasteiger partial charge is 0.0293 e. The lowest BCUT2D eigenvalue weighted by Crippen LogP contribution is -2.27. The molecule has 1 fully saturated rings. The Morgan fingerprint density at radius 2 is 1.21 bits per heavy atom. The molecule has 0 aromatic carbocycles. The van der Waals surface area contributed by atoms with Gasteiger partial charge in [0.2, 0.25) is 0 Å². The maximum Gasteiger partial charge on any atom is -0.0293 e. The Balaban J connectivity index is 2.57. The first-order chi connectivity index (χ1) is 6.54. The Bertz CT molecular complexity index is 137. The van der Waals surface area contributed by atoms with Gasteiger partial charge in [-0.3, -0.25) is 0 Å². The van der Waals surface area contributed by atoms with Crippen LogP contribution in [-0.4, -0.2) is 0 Å². The van der Waals surface area contributed by atoms with E-state index in [1.807, 2.05) is 0 Å². The standard InChI is InChI=1S/C14H28/c1-12(2)10-14(11-13(3)4)8-6-5-7-9-14/h12-13H,5-11H2,1-4H3. The van der Waals surface area contributed by atoms with E-state index < -0.39 is 0 Å². The molecule has 0 unspecified atom stereocenters. The van der Waals surface area contributed by atoms with Crippen LogP contribution in [0.15, 0.2) is 0 Å². The SMILES string of the molecule is CC(C)CC1(CC(C)C)CCCCC1. The summed E-state index contributed by atoms with van der Waals surface area (Å²) in [7, 11) is 0. The lowest BCUT2D eigenvalue weighted by Gasteiger charge is -2.40. The van der Waals surface area contributed by atoms with Gasteiger partial charge in [-0.2, -0.15) is 0 Å². The van der Waals surface area contributed by atoms with Crippen LogP contribution in [-0.2, 0) is 0 Å². The van der Waals surface area contributed by atoms with E-state index in [0.29, 0.717) is 0 Å². The molecule has 0 heterocycles. The average molecular weight is 196 g/mol. The zero-order chi connectivity index (χ0) is 10.6. The molecule has 0 N–H and O–H groups in total. The monoisotopic (exact) mass is 196 g/mol. The molecule has 0 aromatic rings. The maximum atomic E-state index is 2.39. The van der Waals surface area contributed by atoms with Crippen LogP contribution < -0.4 is 0 Å². The molecule has 0 amide bonds. The lowest BCUT2D eigenvalue weighted by atomic mass is 9.65. The van der Waals surface area contributed by atoms with Gasteiger partial charge in [-0.1, -0.05) is 47.0 Å². The van der Waals surface area contributed by atoms with E-state index >= 15 is 0 Å². The summed E-state index contributed by atoms with van der Waals surface area (Å²) < 4.78 is 0. The third-order valence-electron chi connectivity index (χ3n) is 3.60. The molecule has 84 valence electrons. The van der Waals surface area contributed by atoms with Gasteiger partial charge in [0.1, 0.15) is 0 Å². The predicted octanol–water partition coefficient (Wildman–Crippen LogP) is 5.03. The third kappa shape index (κ3) is 3.63. The normalized spacial score (nSPS) is 21.9. The van der Waals surface area contributed by atoms with Gasteiger partial charge >= 0.3 is 0 Å². The van der Waals surface area contributed by atoms with Gasteiger partial charge in [-0.05, 0) is 42.9 Å². The van der Waals surface area contributed by atoms with Crippen molar-refractivity contribution in [3.05, 3.63) is 0 Å². The van der Waals surface area contributed by atoms with Crippen molar-refractivity contribution in [2.75, 3.05) is 0 Å². The van der Waals surface area contributed by atoms with Gasteiger partial charge in [0.05, 0.1) is 0 Å². The number of rotatable bonds is 4. The van der Waals surface area contributed by atoms with E-state index in [1.54, 1.807) is 0 Å². The van der Waals surface area contributed by atoms with Crippen molar-refractivity contribution >= 4 is 0 Å². The molecule has 0 bridgehead atoms. The average Bonchev–Trinajstić information content (AvgIpc) is 2.01. The van der Waals surface area contributed by atoms with Crippen LogP contribution in [0.1, 0.15) is 72.6 Å². The second-order valence-electron chi connectivity index (χ2n) is 6.26. The van der Waals surface area contributed by atoms with Crippen LogP contribution in [0.25, 0.3) is 0 Å². The van der Waals surface area contributed by atoms with Gasteiger partial charge in [0.15, 0.2) is 0 Å². The van der Waals surface area contributed by atoms with E-state index in [4.69, 9.17) is 0 Å². The Labute approximate surface area is 90.5 Å². The molecule has 0 nitrogen and oxygen atoms in total. The molecule has 1 aliphatic carbocycles. The molecule has 0 aromatic heterocycles. The first kappa shape index (κ1) is 12.1. The van der Waals surface area contributed by atoms with Gasteiger partial charge in [0.25, 0.3) is 0 Å². The van der Waals surface area contributed by atoms with Crippen molar-refractivity contribution in [2.24, 2.45) is 17.3 Å². The molecular formula is C14H28. The highest BCUT2D eigenvalue weighted by atomic mass is 14.4. The highest BCUT2D eigenvalue weighted by Gasteiger charge is 2.32. The quantitative estimate of drug-likeness (QED) is 0.591. The summed E-state index contributed by atoms with van der Waals surface area (Å²) in [6, 6.07) is 0. The van der Waals surface area contributed by atoms with Gasteiger partial charge in [-0.15, -0.1) is 0 Å². The number of hydrogen-bond acceptors (Lipinski definition) is 0. The van der Waals surface area contributed by atoms with E-state index in [9.17, 15) is 0 Å². The molecule has 0 radical (unpaired) electrons. The van der Waals surface area contributed by atoms with Crippen LogP contribution in [0.2, 0.25) is 0 Å². The summed E-state index contributed by atoms with van der Waals surface area (Å²) in [5.41, 5.74) is 0.723. The maximum absolute atomic E-state index is 2.39. The largest absolute Gasteiger partial charge is 0.0628 e. The molecule has 0 heteroatoms. The fourth-order valence-corrected chi connectivity index (χ4v) is 3.53. The molecule has 14 heavy (non-hydrogen) atoms. The second kappa shape index (κ2) is 5.19. The predicted molar refractivity (Wildman–Crippen MR) is 64.4 cm³/mol. The zero-order valence-electron chi connectivity index (χ0n) is 10.6. The van der Waals surface area contributed by atoms with Gasteiger partial charge in [-0.25, -0.2) is 0 Å². The summed E-state index contributed by atoms with van der Waals surface area (Å²) in [6.07, 6.45) is 10.4. The Kier molecular flexibility index (Phi) is 4.47. The molecule has 1 saturated carbocycles. The molecular weight excluding hydrogens is 168 g/mol. The molecule has 0 saturated heterocycles. The minimum atomic E-state index is 0.723. The number of hydrogen-bond donors (Lipinski definition) is 0. The fourth-order valence-electron chi connectivity index (χ4n) is 3.53. The van der Waals surface area contributed by atoms with Crippen molar-refractivity contribution in [3.8, 4) is 0 Å². The Morgan fingerprint density at radius 3 is 1.57 bits per heavy atom. The summed E-state index contributed by atoms with van der Waals surface area (Å²) in [4.78, 5) is 0. The molecule has 0 aliphatic heterocycles. The first-order valence-electron chi connectivity index (χ1n) is 6.54. The summed E-state index contributed by atoms with van der Waals surface area (Å²) in [6.45, 7) is 9.54. The van der Waals surface area contributed by atoms with Crippen LogP contribution >= 0.6 is 0 Å². The molecule has 0 spiro atoms. The topological polar surface area (TPSA) is 0 Å². The third-order valence-corrected chi connectivity index (χ3v) is 3.60. The Hall–Kier alpha value is 0. The zero-order valence-corrected chi connectivity index (χ0v) is 10.6. The van der Waals surface area contributed by atoms with Crippen molar-refractivity contribution in [1.29, 1.82) is 0 Å². The van der Waals surface area contributed by atoms with E-state index in [-0.39, 0.29) is 0 Å². The molecule has 1 rings (SSSR count). The Morgan fingerprint density at radius 1 is 0.786 bits per heavy atom. The summed E-state index contributed by atoms with van der Waals surface area (Å²) in [5.74, 6) is 1.76. The van der Waals surface area contributed by atoms with Crippen LogP contribution in [0.4, 0.5) is 0 Å². The van der Waals surface area contributed by atoms with Crippen molar-refractivity contribution < 1.29 is 0 Å². The van der Waals surface area contributed by atoms with Crippen LogP contribution in [0.3, 0.4) is 0 Å². The fraction of sp³-hybridized carbons (Fsp3) is 1.00. The highest BCUT2D eigenvalue weighted by Crippen LogP contribution is 2.45. The summed E-state index contributed by atoms with van der Waals surface area (Å²) >= 11 is 0. The van der Waals surface area contributed by atoms with Crippen molar-refractivity contribution in [1.82, 2.24) is 0 Å². The van der Waals surface area contributed by atoms with Crippen LogP contribution in [0.5, 0.6) is 0 Å². The lowest BCUT2D eigenvalue weighted by molar-refractivity contribution is 0.117.